The van der Waals surface area contributed by atoms with Crippen molar-refractivity contribution in [2.45, 2.75) is 77.7 Å². The van der Waals surface area contributed by atoms with Crippen LogP contribution in [0.3, 0.4) is 0 Å². The molecule has 0 aliphatic carbocycles. The fourth-order valence-corrected chi connectivity index (χ4v) is 4.20. The van der Waals surface area contributed by atoms with Crippen molar-refractivity contribution in [3.8, 4) is 0 Å². The number of ether oxygens (including phenoxy) is 1. The van der Waals surface area contributed by atoms with Crippen molar-refractivity contribution >= 4 is 17.8 Å². The summed E-state index contributed by atoms with van der Waals surface area (Å²) in [6.07, 6.45) is -1.53. The van der Waals surface area contributed by atoms with Crippen molar-refractivity contribution in [3.05, 3.63) is 35.1 Å². The minimum absolute atomic E-state index is 0.0984. The van der Waals surface area contributed by atoms with Gasteiger partial charge in [-0.05, 0) is 52.7 Å². The molecule has 0 radical (unpaired) electrons. The zero-order valence-electron chi connectivity index (χ0n) is 20.7. The van der Waals surface area contributed by atoms with Gasteiger partial charge in [-0.25, -0.2) is 23.0 Å². The molecule has 2 unspecified atom stereocenters. The Labute approximate surface area is 206 Å². The van der Waals surface area contributed by atoms with E-state index in [1.54, 1.807) is 39.5 Å². The number of alkyl halides is 2. The zero-order chi connectivity index (χ0) is 26.9. The van der Waals surface area contributed by atoms with Crippen molar-refractivity contribution in [1.82, 2.24) is 20.1 Å². The van der Waals surface area contributed by atoms with E-state index in [0.717, 1.165) is 0 Å². The Balaban J connectivity index is 1.81. The van der Waals surface area contributed by atoms with Crippen LogP contribution in [0.2, 0.25) is 0 Å². The first-order valence-corrected chi connectivity index (χ1v) is 11.5. The van der Waals surface area contributed by atoms with Crippen LogP contribution in [0.1, 0.15) is 46.6 Å². The van der Waals surface area contributed by atoms with E-state index < -0.39 is 53.7 Å². The van der Waals surface area contributed by atoms with Gasteiger partial charge in [0, 0.05) is 31.1 Å². The molecule has 3 atom stereocenters. The number of amides is 2. The summed E-state index contributed by atoms with van der Waals surface area (Å²) in [6.45, 7) is 5.63. The number of carbonyl (C=O) groups excluding carboxylic acids is 2. The fourth-order valence-electron chi connectivity index (χ4n) is 4.20. The van der Waals surface area contributed by atoms with Crippen molar-refractivity contribution in [2.75, 3.05) is 13.2 Å². The first kappa shape index (κ1) is 27.5. The molecule has 1 N–H and O–H groups in total. The summed E-state index contributed by atoms with van der Waals surface area (Å²) in [6, 6.07) is -0.912. The van der Waals surface area contributed by atoms with Crippen molar-refractivity contribution in [2.24, 2.45) is 5.10 Å². The van der Waals surface area contributed by atoms with E-state index >= 15 is 0 Å². The van der Waals surface area contributed by atoms with Crippen molar-refractivity contribution in [1.29, 1.82) is 0 Å². The number of rotatable bonds is 6. The molecule has 0 spiro atoms. The van der Waals surface area contributed by atoms with E-state index in [1.807, 2.05) is 0 Å². The number of alkyl carbamates (subject to hydrolysis) is 1. The topological polar surface area (TPSA) is 77.5 Å². The minimum atomic E-state index is -2.79. The summed E-state index contributed by atoms with van der Waals surface area (Å²) in [7, 11) is 0. The Morgan fingerprint density at radius 1 is 1.14 bits per heavy atom. The number of amidine groups is 1. The lowest BCUT2D eigenvalue weighted by molar-refractivity contribution is -0.134. The van der Waals surface area contributed by atoms with E-state index in [2.05, 4.69) is 10.4 Å². The van der Waals surface area contributed by atoms with Crippen LogP contribution < -0.4 is 5.32 Å². The summed E-state index contributed by atoms with van der Waals surface area (Å²) in [5.41, 5.74) is -1.09. The molecule has 200 valence electrons. The highest BCUT2D eigenvalue weighted by atomic mass is 19.3. The number of benzene rings is 1. The molecule has 0 aromatic heterocycles. The van der Waals surface area contributed by atoms with Gasteiger partial charge in [-0.1, -0.05) is 0 Å². The summed E-state index contributed by atoms with van der Waals surface area (Å²) in [4.78, 5) is 28.8. The molecule has 2 aliphatic heterocycles. The quantitative estimate of drug-likeness (QED) is 0.353. The average molecular weight is 520 g/mol. The molecule has 8 nitrogen and oxygen atoms in total. The van der Waals surface area contributed by atoms with Gasteiger partial charge in [0.2, 0.25) is 5.91 Å². The smallest absolute Gasteiger partial charge is 0.407 e. The van der Waals surface area contributed by atoms with E-state index in [9.17, 15) is 31.5 Å². The van der Waals surface area contributed by atoms with Crippen LogP contribution in [0.15, 0.2) is 17.2 Å². The number of nitrogens with zero attached hydrogens (tertiary/aromatic N) is 4. The lowest BCUT2D eigenvalue weighted by Crippen LogP contribution is -2.60. The second-order valence-electron chi connectivity index (χ2n) is 9.97. The summed E-state index contributed by atoms with van der Waals surface area (Å²) >= 11 is 0. The fraction of sp³-hybridized carbons (Fsp3) is 0.609. The van der Waals surface area contributed by atoms with Crippen LogP contribution in [0.25, 0.3) is 0 Å². The van der Waals surface area contributed by atoms with E-state index in [0.29, 0.717) is 23.0 Å². The van der Waals surface area contributed by atoms with Crippen LogP contribution in [-0.2, 0) is 16.0 Å². The Hall–Kier alpha value is -3.12. The second-order valence-corrected chi connectivity index (χ2v) is 9.97. The average Bonchev–Trinajstić information content (AvgIpc) is 3.20. The summed E-state index contributed by atoms with van der Waals surface area (Å²) in [5.74, 6) is -3.81. The first-order valence-electron chi connectivity index (χ1n) is 11.5. The standard InChI is InChI=1S/C23H30F5N5O3/c1-12-10-31(13(2)20-30-33(21(27)28)11-32(12)20)19(34)8-15(29-22(35)36-23(3,4)5)6-14-7-17(25)18(26)9-16(14)24/h7,9,12-13,15,21H,6,8,10-11H2,1-5H3,(H,29,35)/t12?,13?,15-/m1/s1. The third-order valence-corrected chi connectivity index (χ3v) is 5.90. The van der Waals surface area contributed by atoms with Gasteiger partial charge in [0.25, 0.3) is 0 Å². The number of hydrogen-bond donors (Lipinski definition) is 1. The molecule has 36 heavy (non-hydrogen) atoms. The van der Waals surface area contributed by atoms with Crippen LogP contribution >= 0.6 is 0 Å². The molecule has 3 rings (SSSR count). The number of hydrogen-bond acceptors (Lipinski definition) is 6. The molecule has 1 fully saturated rings. The summed E-state index contributed by atoms with van der Waals surface area (Å²) < 4.78 is 73.0. The van der Waals surface area contributed by atoms with Crippen LogP contribution in [-0.4, -0.2) is 76.1 Å². The molecule has 0 bridgehead atoms. The number of hydrazone groups is 1. The molecule has 1 aromatic carbocycles. The highest BCUT2D eigenvalue weighted by molar-refractivity contribution is 5.93. The molecule has 13 heteroatoms. The molecule has 0 saturated carbocycles. The van der Waals surface area contributed by atoms with Crippen LogP contribution in [0.5, 0.6) is 0 Å². The SMILES string of the molecule is CC1CN(C(=O)C[C@@H](Cc2cc(F)c(F)cc2F)NC(=O)OC(C)(C)C)C(C)C2=NN(C(F)F)CN21. The van der Waals surface area contributed by atoms with Gasteiger partial charge in [0.15, 0.2) is 11.6 Å². The maximum absolute atomic E-state index is 14.3. The van der Waals surface area contributed by atoms with Gasteiger partial charge in [0.1, 0.15) is 23.9 Å². The molecule has 2 aliphatic rings. The molecule has 2 heterocycles. The number of carbonyl (C=O) groups is 2. The van der Waals surface area contributed by atoms with E-state index in [1.165, 1.54) is 4.90 Å². The van der Waals surface area contributed by atoms with E-state index in [-0.39, 0.29) is 37.7 Å². The molecule has 2 amide bonds. The van der Waals surface area contributed by atoms with Crippen LogP contribution in [0, 0.1) is 17.5 Å². The molecular weight excluding hydrogens is 489 g/mol. The van der Waals surface area contributed by atoms with Gasteiger partial charge >= 0.3 is 12.6 Å². The third-order valence-electron chi connectivity index (χ3n) is 5.90. The van der Waals surface area contributed by atoms with Gasteiger partial charge < -0.3 is 19.9 Å². The lowest BCUT2D eigenvalue weighted by Gasteiger charge is -2.43. The Kier molecular flexibility index (Phi) is 7.99. The van der Waals surface area contributed by atoms with Crippen molar-refractivity contribution in [3.63, 3.8) is 0 Å². The number of fused-ring (bicyclic) bond motifs is 1. The lowest BCUT2D eigenvalue weighted by atomic mass is 10.00. The highest BCUT2D eigenvalue weighted by Crippen LogP contribution is 2.26. The maximum Gasteiger partial charge on any atom is 0.407 e. The highest BCUT2D eigenvalue weighted by Gasteiger charge is 2.42. The van der Waals surface area contributed by atoms with E-state index in [4.69, 9.17) is 4.74 Å². The van der Waals surface area contributed by atoms with Gasteiger partial charge in [-0.2, -0.15) is 13.9 Å². The minimum Gasteiger partial charge on any atom is -0.444 e. The largest absolute Gasteiger partial charge is 0.444 e. The molecular formula is C23H30F5N5O3. The normalized spacial score (nSPS) is 20.9. The molecule has 1 saturated heterocycles. The molecule has 1 aromatic rings. The predicted octanol–water partition coefficient (Wildman–Crippen LogP) is 3.66. The van der Waals surface area contributed by atoms with Crippen LogP contribution in [0.4, 0.5) is 26.7 Å². The Morgan fingerprint density at radius 3 is 2.39 bits per heavy atom. The van der Waals surface area contributed by atoms with Crippen molar-refractivity contribution < 1.29 is 36.3 Å². The zero-order valence-corrected chi connectivity index (χ0v) is 20.7. The summed E-state index contributed by atoms with van der Waals surface area (Å²) in [5, 5.41) is 7.10. The number of nitrogens with one attached hydrogen (secondary N) is 1. The van der Waals surface area contributed by atoms with Gasteiger partial charge in [0.05, 0.1) is 6.04 Å². The first-order chi connectivity index (χ1) is 16.7. The Morgan fingerprint density at radius 2 is 1.78 bits per heavy atom. The number of piperazine rings is 1. The second kappa shape index (κ2) is 10.5. The van der Waals surface area contributed by atoms with Gasteiger partial charge in [-0.15, -0.1) is 0 Å². The monoisotopic (exact) mass is 519 g/mol. The number of halogens is 5. The van der Waals surface area contributed by atoms with Gasteiger partial charge in [-0.3, -0.25) is 4.79 Å². The predicted molar refractivity (Wildman–Crippen MR) is 120 cm³/mol. The third kappa shape index (κ3) is 6.35. The Bertz CT molecular complexity index is 1030. The maximum atomic E-state index is 14.3.